The molecule has 1 aliphatic rings. The molecule has 1 fully saturated rings. The summed E-state index contributed by atoms with van der Waals surface area (Å²) in [4.78, 5) is 12.5. The molecule has 6 heteroatoms. The summed E-state index contributed by atoms with van der Waals surface area (Å²) in [6.45, 7) is 2.13. The fourth-order valence-electron chi connectivity index (χ4n) is 1.99. The Morgan fingerprint density at radius 1 is 1.56 bits per heavy atom. The Balaban J connectivity index is 2.10. The average molecular weight is 247 g/mol. The highest BCUT2D eigenvalue weighted by Gasteiger charge is 2.22. The number of ether oxygens (including phenoxy) is 1. The molecule has 1 aliphatic heterocycles. The lowest BCUT2D eigenvalue weighted by molar-refractivity contribution is -0.385. The summed E-state index contributed by atoms with van der Waals surface area (Å²) >= 11 is 0. The van der Waals surface area contributed by atoms with Gasteiger partial charge in [0.15, 0.2) is 6.10 Å². The zero-order chi connectivity index (χ0) is 13.0. The van der Waals surface area contributed by atoms with E-state index < -0.39 is 6.10 Å². The second-order valence-electron chi connectivity index (χ2n) is 4.11. The maximum Gasteiger partial charge on any atom is 0.273 e. The van der Waals surface area contributed by atoms with Crippen molar-refractivity contribution in [3.8, 4) is 6.07 Å². The average Bonchev–Trinajstić information content (AvgIpc) is 2.39. The molecule has 1 unspecified atom stereocenters. The molecule has 2 rings (SSSR count). The first-order valence-electron chi connectivity index (χ1n) is 5.66. The lowest BCUT2D eigenvalue weighted by Crippen LogP contribution is -2.41. The Morgan fingerprint density at radius 2 is 2.33 bits per heavy atom. The first-order valence-corrected chi connectivity index (χ1v) is 5.66. The number of nitro groups is 1. The van der Waals surface area contributed by atoms with E-state index in [1.807, 2.05) is 4.90 Å². The Kier molecular flexibility index (Phi) is 3.87. The van der Waals surface area contributed by atoms with Crippen molar-refractivity contribution in [1.29, 1.82) is 5.26 Å². The van der Waals surface area contributed by atoms with Crippen LogP contribution >= 0.6 is 0 Å². The first kappa shape index (κ1) is 12.5. The zero-order valence-electron chi connectivity index (χ0n) is 9.78. The van der Waals surface area contributed by atoms with Gasteiger partial charge in [-0.05, 0) is 0 Å². The number of rotatable bonds is 3. The number of benzene rings is 1. The molecule has 1 heterocycles. The van der Waals surface area contributed by atoms with Gasteiger partial charge in [0.05, 0.1) is 17.6 Å². The fourth-order valence-corrected chi connectivity index (χ4v) is 1.99. The van der Waals surface area contributed by atoms with Crippen LogP contribution in [0.5, 0.6) is 0 Å². The van der Waals surface area contributed by atoms with Crippen LogP contribution in [-0.2, 0) is 11.3 Å². The number of nitrogens with zero attached hydrogens (tertiary/aromatic N) is 3. The van der Waals surface area contributed by atoms with Gasteiger partial charge in [-0.15, -0.1) is 0 Å². The van der Waals surface area contributed by atoms with Gasteiger partial charge >= 0.3 is 0 Å². The van der Waals surface area contributed by atoms with Crippen molar-refractivity contribution in [2.45, 2.75) is 12.6 Å². The smallest absolute Gasteiger partial charge is 0.273 e. The largest absolute Gasteiger partial charge is 0.361 e. The number of para-hydroxylation sites is 1. The summed E-state index contributed by atoms with van der Waals surface area (Å²) in [5.41, 5.74) is 0.790. The molecule has 6 nitrogen and oxygen atoms in total. The van der Waals surface area contributed by atoms with E-state index in [2.05, 4.69) is 6.07 Å². The summed E-state index contributed by atoms with van der Waals surface area (Å²) in [6, 6.07) is 8.74. The lowest BCUT2D eigenvalue weighted by atomic mass is 10.1. The molecule has 0 bridgehead atoms. The van der Waals surface area contributed by atoms with E-state index in [-0.39, 0.29) is 10.6 Å². The van der Waals surface area contributed by atoms with Crippen molar-refractivity contribution >= 4 is 5.69 Å². The molecule has 0 radical (unpaired) electrons. The van der Waals surface area contributed by atoms with Crippen molar-refractivity contribution in [3.05, 3.63) is 39.9 Å². The van der Waals surface area contributed by atoms with Gasteiger partial charge in [0.2, 0.25) is 0 Å². The third-order valence-electron chi connectivity index (χ3n) is 2.88. The minimum absolute atomic E-state index is 0.123. The third kappa shape index (κ3) is 2.83. The highest BCUT2D eigenvalue weighted by atomic mass is 16.6. The Morgan fingerprint density at radius 3 is 3.06 bits per heavy atom. The summed E-state index contributed by atoms with van der Waals surface area (Å²) in [5.74, 6) is 0. The van der Waals surface area contributed by atoms with Crippen molar-refractivity contribution in [2.75, 3.05) is 19.7 Å². The Bertz CT molecular complexity index is 484. The predicted octanol–water partition coefficient (Wildman–Crippen LogP) is 1.32. The highest BCUT2D eigenvalue weighted by Crippen LogP contribution is 2.20. The maximum absolute atomic E-state index is 10.9. The van der Waals surface area contributed by atoms with Gasteiger partial charge in [0, 0.05) is 31.3 Å². The van der Waals surface area contributed by atoms with Crippen LogP contribution in [0, 0.1) is 21.4 Å². The number of morpholine rings is 1. The van der Waals surface area contributed by atoms with Crippen LogP contribution in [-0.4, -0.2) is 35.6 Å². The molecule has 18 heavy (non-hydrogen) atoms. The lowest BCUT2D eigenvalue weighted by Gasteiger charge is -2.29. The van der Waals surface area contributed by atoms with Gasteiger partial charge in [-0.3, -0.25) is 15.0 Å². The standard InChI is InChI=1S/C12H13N3O3/c13-7-11-9-14(5-6-18-11)8-10-3-1-2-4-12(10)15(16)17/h1-4,11H,5-6,8-9H2. The number of nitriles is 1. The molecule has 1 atom stereocenters. The highest BCUT2D eigenvalue weighted by molar-refractivity contribution is 5.39. The monoisotopic (exact) mass is 247 g/mol. The van der Waals surface area contributed by atoms with Crippen molar-refractivity contribution in [3.63, 3.8) is 0 Å². The van der Waals surface area contributed by atoms with Crippen LogP contribution in [0.25, 0.3) is 0 Å². The molecule has 0 aliphatic carbocycles. The molecule has 0 aromatic heterocycles. The fraction of sp³-hybridized carbons (Fsp3) is 0.417. The van der Waals surface area contributed by atoms with Crippen LogP contribution in [0.3, 0.4) is 0 Å². The molecule has 0 spiro atoms. The van der Waals surface area contributed by atoms with Gasteiger partial charge in [-0.25, -0.2) is 0 Å². The number of hydrogen-bond donors (Lipinski definition) is 0. The van der Waals surface area contributed by atoms with Crippen LogP contribution in [0.15, 0.2) is 24.3 Å². The van der Waals surface area contributed by atoms with Crippen LogP contribution in [0.2, 0.25) is 0 Å². The summed E-state index contributed by atoms with van der Waals surface area (Å²) < 4.78 is 5.24. The molecule has 0 amide bonds. The van der Waals surface area contributed by atoms with Crippen molar-refractivity contribution in [1.82, 2.24) is 4.90 Å². The van der Waals surface area contributed by atoms with E-state index in [1.54, 1.807) is 18.2 Å². The van der Waals surface area contributed by atoms with Crippen LogP contribution < -0.4 is 0 Å². The van der Waals surface area contributed by atoms with Gasteiger partial charge in [-0.1, -0.05) is 18.2 Å². The Hall–Kier alpha value is -1.97. The van der Waals surface area contributed by atoms with Gasteiger partial charge in [0.1, 0.15) is 0 Å². The van der Waals surface area contributed by atoms with Crippen molar-refractivity contribution < 1.29 is 9.66 Å². The van der Waals surface area contributed by atoms with E-state index in [4.69, 9.17) is 10.00 Å². The van der Waals surface area contributed by atoms with E-state index in [1.165, 1.54) is 6.07 Å². The topological polar surface area (TPSA) is 79.4 Å². The van der Waals surface area contributed by atoms with E-state index in [0.717, 1.165) is 0 Å². The molecule has 1 aromatic rings. The second-order valence-corrected chi connectivity index (χ2v) is 4.11. The molecule has 94 valence electrons. The van der Waals surface area contributed by atoms with Crippen molar-refractivity contribution in [2.24, 2.45) is 0 Å². The van der Waals surface area contributed by atoms with Crippen LogP contribution in [0.1, 0.15) is 5.56 Å². The van der Waals surface area contributed by atoms with E-state index in [9.17, 15) is 10.1 Å². The number of nitro benzene ring substituents is 1. The molecule has 1 aromatic carbocycles. The van der Waals surface area contributed by atoms with Gasteiger partial charge < -0.3 is 4.74 Å². The SMILES string of the molecule is N#CC1CN(Cc2ccccc2[N+](=O)[O-])CCO1. The minimum atomic E-state index is -0.443. The van der Waals surface area contributed by atoms with Crippen LogP contribution in [0.4, 0.5) is 5.69 Å². The summed E-state index contributed by atoms with van der Waals surface area (Å²) in [5, 5.41) is 19.7. The summed E-state index contributed by atoms with van der Waals surface area (Å²) in [7, 11) is 0. The maximum atomic E-state index is 10.9. The summed E-state index contributed by atoms with van der Waals surface area (Å²) in [6.07, 6.45) is -0.443. The van der Waals surface area contributed by atoms with Gasteiger partial charge in [0.25, 0.3) is 5.69 Å². The molecular formula is C12H13N3O3. The molecular weight excluding hydrogens is 234 g/mol. The number of hydrogen-bond acceptors (Lipinski definition) is 5. The van der Waals surface area contributed by atoms with E-state index >= 15 is 0 Å². The minimum Gasteiger partial charge on any atom is -0.361 e. The molecule has 0 N–H and O–H groups in total. The van der Waals surface area contributed by atoms with E-state index in [0.29, 0.717) is 31.8 Å². The molecule has 1 saturated heterocycles. The molecule has 0 saturated carbocycles. The predicted molar refractivity (Wildman–Crippen MR) is 63.7 cm³/mol. The zero-order valence-corrected chi connectivity index (χ0v) is 9.78. The third-order valence-corrected chi connectivity index (χ3v) is 2.88. The quantitative estimate of drug-likeness (QED) is 0.594. The van der Waals surface area contributed by atoms with Gasteiger partial charge in [-0.2, -0.15) is 5.26 Å². The first-order chi connectivity index (χ1) is 8.70. The normalized spacial score (nSPS) is 20.3. The second kappa shape index (κ2) is 5.58. The Labute approximate surface area is 105 Å².